The number of aromatic nitrogens is 1. The Morgan fingerprint density at radius 3 is 2.59 bits per heavy atom. The molecule has 0 atom stereocenters. The third kappa shape index (κ3) is 2.87. The van der Waals surface area contributed by atoms with E-state index in [-0.39, 0.29) is 11.8 Å². The minimum absolute atomic E-state index is 0.205. The predicted molar refractivity (Wildman–Crippen MR) is 58.9 cm³/mol. The average molecular weight is 241 g/mol. The summed E-state index contributed by atoms with van der Waals surface area (Å²) in [4.78, 5) is 14.5. The summed E-state index contributed by atoms with van der Waals surface area (Å²) in [5.41, 5.74) is 0.625. The molecule has 2 aromatic rings. The lowest BCUT2D eigenvalue weighted by molar-refractivity contribution is -0.134. The van der Waals surface area contributed by atoms with Crippen molar-refractivity contribution in [3.8, 4) is 0 Å². The van der Waals surface area contributed by atoms with Crippen molar-refractivity contribution in [3.63, 3.8) is 0 Å². The second-order valence-electron chi connectivity index (χ2n) is 3.82. The fraction of sp³-hybridized carbons (Fsp3) is 0.250. The van der Waals surface area contributed by atoms with Gasteiger partial charge in [0.25, 0.3) is 0 Å². The number of rotatable bonds is 2. The molecule has 0 saturated heterocycles. The van der Waals surface area contributed by atoms with Gasteiger partial charge in [-0.25, -0.2) is 0 Å². The molecular weight excluding hydrogens is 231 g/mol. The Morgan fingerprint density at radius 1 is 1.18 bits per heavy atom. The number of benzene rings is 1. The Kier molecular flexibility index (Phi) is 2.92. The molecule has 0 saturated carbocycles. The zero-order chi connectivity index (χ0) is 12.5. The number of para-hydroxylation sites is 1. The zero-order valence-corrected chi connectivity index (χ0v) is 8.84. The Bertz CT molecular complexity index is 586. The first-order chi connectivity index (χ1) is 7.96. The van der Waals surface area contributed by atoms with Crippen LogP contribution in [0.5, 0.6) is 0 Å². The van der Waals surface area contributed by atoms with Gasteiger partial charge >= 0.3 is 6.18 Å². The minimum Gasteiger partial charge on any atom is -0.358 e. The van der Waals surface area contributed by atoms with Crippen LogP contribution in [0, 0.1) is 0 Å². The highest BCUT2D eigenvalue weighted by molar-refractivity contribution is 5.78. The first-order valence-corrected chi connectivity index (χ1v) is 5.13. The van der Waals surface area contributed by atoms with E-state index in [1.807, 2.05) is 0 Å². The maximum atomic E-state index is 12.1. The molecule has 2 rings (SSSR count). The van der Waals surface area contributed by atoms with Crippen LogP contribution in [0.25, 0.3) is 10.9 Å². The van der Waals surface area contributed by atoms with Crippen molar-refractivity contribution < 1.29 is 13.2 Å². The molecule has 17 heavy (non-hydrogen) atoms. The fourth-order valence-electron chi connectivity index (χ4n) is 1.66. The maximum Gasteiger partial charge on any atom is 0.389 e. The number of halogens is 3. The number of alkyl halides is 3. The van der Waals surface area contributed by atoms with Crippen LogP contribution in [0.4, 0.5) is 13.2 Å². The second-order valence-corrected chi connectivity index (χ2v) is 3.82. The van der Waals surface area contributed by atoms with E-state index in [0.717, 1.165) is 0 Å². The van der Waals surface area contributed by atoms with Gasteiger partial charge < -0.3 is 4.98 Å². The topological polar surface area (TPSA) is 32.9 Å². The van der Waals surface area contributed by atoms with Gasteiger partial charge in [0.1, 0.15) is 0 Å². The number of aromatic amines is 1. The highest BCUT2D eigenvalue weighted by atomic mass is 19.4. The summed E-state index contributed by atoms with van der Waals surface area (Å²) < 4.78 is 36.2. The molecule has 90 valence electrons. The molecule has 0 unspecified atom stereocenters. The molecule has 5 heteroatoms. The van der Waals surface area contributed by atoms with Gasteiger partial charge in [0.2, 0.25) is 0 Å². The number of H-pyrrole nitrogens is 1. The van der Waals surface area contributed by atoms with Gasteiger partial charge in [-0.05, 0) is 18.6 Å². The standard InChI is InChI=1S/C12H10F3NO/c13-12(14,15)6-5-8-7-11(17)9-3-1-2-4-10(9)16-8/h1-4,7H,5-6H2,(H,16,17). The predicted octanol–water partition coefficient (Wildman–Crippen LogP) is 3.02. The van der Waals surface area contributed by atoms with E-state index < -0.39 is 12.6 Å². The van der Waals surface area contributed by atoms with Crippen LogP contribution in [0.3, 0.4) is 0 Å². The first-order valence-electron chi connectivity index (χ1n) is 5.13. The van der Waals surface area contributed by atoms with E-state index in [1.165, 1.54) is 6.07 Å². The summed E-state index contributed by atoms with van der Waals surface area (Å²) in [5.74, 6) is 0. The van der Waals surface area contributed by atoms with E-state index in [9.17, 15) is 18.0 Å². The monoisotopic (exact) mass is 241 g/mol. The van der Waals surface area contributed by atoms with Gasteiger partial charge in [-0.15, -0.1) is 0 Å². The van der Waals surface area contributed by atoms with Crippen LogP contribution < -0.4 is 5.43 Å². The van der Waals surface area contributed by atoms with Gasteiger partial charge in [0.05, 0.1) is 0 Å². The normalized spacial score (nSPS) is 11.9. The molecule has 1 aromatic carbocycles. The molecule has 1 N–H and O–H groups in total. The number of pyridine rings is 1. The van der Waals surface area contributed by atoms with Crippen LogP contribution in [-0.4, -0.2) is 11.2 Å². The van der Waals surface area contributed by atoms with E-state index in [1.54, 1.807) is 24.3 Å². The van der Waals surface area contributed by atoms with E-state index >= 15 is 0 Å². The number of nitrogens with one attached hydrogen (secondary N) is 1. The minimum atomic E-state index is -4.21. The Morgan fingerprint density at radius 2 is 1.88 bits per heavy atom. The van der Waals surface area contributed by atoms with Crippen molar-refractivity contribution in [2.75, 3.05) is 0 Å². The van der Waals surface area contributed by atoms with Crippen LogP contribution in [0.2, 0.25) is 0 Å². The Labute approximate surface area is 95.1 Å². The maximum absolute atomic E-state index is 12.1. The van der Waals surface area contributed by atoms with Crippen LogP contribution >= 0.6 is 0 Å². The highest BCUT2D eigenvalue weighted by Crippen LogP contribution is 2.21. The van der Waals surface area contributed by atoms with Gasteiger partial charge in [-0.3, -0.25) is 4.79 Å². The van der Waals surface area contributed by atoms with Gasteiger partial charge in [-0.1, -0.05) is 12.1 Å². The zero-order valence-electron chi connectivity index (χ0n) is 8.84. The summed E-state index contributed by atoms with van der Waals surface area (Å²) in [5, 5.41) is 0.489. The third-order valence-electron chi connectivity index (χ3n) is 2.47. The molecule has 0 radical (unpaired) electrons. The molecule has 1 heterocycles. The van der Waals surface area contributed by atoms with Gasteiger partial charge in [-0.2, -0.15) is 13.2 Å². The summed E-state index contributed by atoms with van der Waals surface area (Å²) in [6.07, 6.45) is -5.34. The summed E-state index contributed by atoms with van der Waals surface area (Å²) in [6, 6.07) is 7.99. The van der Waals surface area contributed by atoms with E-state index in [0.29, 0.717) is 16.6 Å². The lowest BCUT2D eigenvalue weighted by Gasteiger charge is -2.07. The first kappa shape index (κ1) is 11.7. The van der Waals surface area contributed by atoms with Crippen LogP contribution in [0.15, 0.2) is 35.1 Å². The lowest BCUT2D eigenvalue weighted by atomic mass is 10.1. The summed E-state index contributed by atoms with van der Waals surface area (Å²) in [7, 11) is 0. The van der Waals surface area contributed by atoms with Crippen molar-refractivity contribution in [2.24, 2.45) is 0 Å². The van der Waals surface area contributed by atoms with Crippen LogP contribution in [-0.2, 0) is 6.42 Å². The molecule has 2 nitrogen and oxygen atoms in total. The summed E-state index contributed by atoms with van der Waals surface area (Å²) >= 11 is 0. The largest absolute Gasteiger partial charge is 0.389 e. The van der Waals surface area contributed by atoms with Crippen molar-refractivity contribution in [1.82, 2.24) is 4.98 Å². The van der Waals surface area contributed by atoms with Crippen molar-refractivity contribution in [3.05, 3.63) is 46.2 Å². The molecule has 0 aliphatic carbocycles. The molecule has 0 fully saturated rings. The van der Waals surface area contributed by atoms with Gasteiger partial charge in [0.15, 0.2) is 5.43 Å². The SMILES string of the molecule is O=c1cc(CCC(F)(F)F)[nH]c2ccccc12. The van der Waals surface area contributed by atoms with Crippen molar-refractivity contribution in [2.45, 2.75) is 19.0 Å². The quantitative estimate of drug-likeness (QED) is 0.861. The molecule has 0 spiro atoms. The molecule has 1 aromatic heterocycles. The van der Waals surface area contributed by atoms with E-state index in [2.05, 4.69) is 4.98 Å². The fourth-order valence-corrected chi connectivity index (χ4v) is 1.66. The van der Waals surface area contributed by atoms with Crippen molar-refractivity contribution in [1.29, 1.82) is 0 Å². The highest BCUT2D eigenvalue weighted by Gasteiger charge is 2.26. The molecular formula is C12H10F3NO. The molecule has 0 aliphatic rings. The van der Waals surface area contributed by atoms with Crippen molar-refractivity contribution >= 4 is 10.9 Å². The summed E-state index contributed by atoms with van der Waals surface area (Å²) in [6.45, 7) is 0. The molecule has 0 amide bonds. The Hall–Kier alpha value is -1.78. The van der Waals surface area contributed by atoms with Crippen LogP contribution in [0.1, 0.15) is 12.1 Å². The number of aryl methyl sites for hydroxylation is 1. The second kappa shape index (κ2) is 4.24. The molecule has 0 aliphatic heterocycles. The molecule has 0 bridgehead atoms. The third-order valence-corrected chi connectivity index (χ3v) is 2.47. The number of hydrogen-bond donors (Lipinski definition) is 1. The van der Waals surface area contributed by atoms with Gasteiger partial charge in [0, 0.05) is 29.1 Å². The lowest BCUT2D eigenvalue weighted by Crippen LogP contribution is -2.11. The average Bonchev–Trinajstić information content (AvgIpc) is 2.26. The van der Waals surface area contributed by atoms with E-state index in [4.69, 9.17) is 0 Å². The smallest absolute Gasteiger partial charge is 0.358 e. The number of hydrogen-bond acceptors (Lipinski definition) is 1. The Balaban J connectivity index is 2.34. The number of fused-ring (bicyclic) bond motifs is 1.